The highest BCUT2D eigenvalue weighted by Gasteiger charge is 2.31. The van der Waals surface area contributed by atoms with Crippen molar-refractivity contribution >= 4 is 11.7 Å². The number of carbonyl (C=O) groups is 1. The summed E-state index contributed by atoms with van der Waals surface area (Å²) in [4.78, 5) is 16.4. The molecule has 0 radical (unpaired) electrons. The predicted octanol–water partition coefficient (Wildman–Crippen LogP) is 4.64. The van der Waals surface area contributed by atoms with E-state index in [0.717, 1.165) is 43.4 Å². The van der Waals surface area contributed by atoms with Gasteiger partial charge in [0, 0.05) is 24.5 Å². The second-order valence-corrected chi connectivity index (χ2v) is 7.15. The van der Waals surface area contributed by atoms with Gasteiger partial charge in [0.15, 0.2) is 0 Å². The average Bonchev–Trinajstić information content (AvgIpc) is 2.73. The van der Waals surface area contributed by atoms with E-state index in [0.29, 0.717) is 6.61 Å². The Morgan fingerprint density at radius 3 is 2.61 bits per heavy atom. The highest BCUT2D eigenvalue weighted by molar-refractivity contribution is 5.91. The molecular formula is C21H24F3N3O4. The summed E-state index contributed by atoms with van der Waals surface area (Å²) in [5.41, 5.74) is 1.09. The molecule has 1 saturated carbocycles. The Morgan fingerprint density at radius 1 is 1.19 bits per heavy atom. The lowest BCUT2D eigenvalue weighted by atomic mass is 9.93. The van der Waals surface area contributed by atoms with Crippen molar-refractivity contribution in [3.63, 3.8) is 0 Å². The summed E-state index contributed by atoms with van der Waals surface area (Å²) in [6.45, 7) is 0.493. The van der Waals surface area contributed by atoms with Gasteiger partial charge >= 0.3 is 12.4 Å². The van der Waals surface area contributed by atoms with Crippen LogP contribution in [0.2, 0.25) is 0 Å². The first-order valence-electron chi connectivity index (χ1n) is 9.84. The number of hydrogen-bond acceptors (Lipinski definition) is 5. The van der Waals surface area contributed by atoms with Crippen LogP contribution in [0, 0.1) is 0 Å². The molecule has 1 aliphatic rings. The SMILES string of the molecule is COc1ccc(OC(F)(F)F)cc1NC(=O)NC1CCC(OCc2cccnc2)CC1. The number of aromatic nitrogens is 1. The van der Waals surface area contributed by atoms with Gasteiger partial charge in [0.25, 0.3) is 0 Å². The highest BCUT2D eigenvalue weighted by atomic mass is 19.4. The number of pyridine rings is 1. The quantitative estimate of drug-likeness (QED) is 0.657. The van der Waals surface area contributed by atoms with Gasteiger partial charge in [-0.3, -0.25) is 4.98 Å². The molecule has 10 heteroatoms. The van der Waals surface area contributed by atoms with Gasteiger partial charge in [0.05, 0.1) is 25.5 Å². The lowest BCUT2D eigenvalue weighted by Gasteiger charge is -2.29. The third-order valence-electron chi connectivity index (χ3n) is 4.87. The maximum absolute atomic E-state index is 12.4. The van der Waals surface area contributed by atoms with E-state index < -0.39 is 18.1 Å². The molecule has 31 heavy (non-hydrogen) atoms. The first kappa shape index (κ1) is 22.7. The number of anilines is 1. The van der Waals surface area contributed by atoms with Crippen molar-refractivity contribution in [3.05, 3.63) is 48.3 Å². The maximum Gasteiger partial charge on any atom is 0.573 e. The largest absolute Gasteiger partial charge is 0.573 e. The Balaban J connectivity index is 1.47. The van der Waals surface area contributed by atoms with Gasteiger partial charge in [0.2, 0.25) is 0 Å². The second-order valence-electron chi connectivity index (χ2n) is 7.15. The van der Waals surface area contributed by atoms with Crippen molar-refractivity contribution in [2.24, 2.45) is 0 Å². The molecule has 3 rings (SSSR count). The summed E-state index contributed by atoms with van der Waals surface area (Å²) in [7, 11) is 1.36. The number of amides is 2. The van der Waals surface area contributed by atoms with Gasteiger partial charge in [-0.2, -0.15) is 0 Å². The Bertz CT molecular complexity index is 857. The third-order valence-corrected chi connectivity index (χ3v) is 4.87. The molecule has 1 fully saturated rings. The standard InChI is InChI=1S/C21H24F3N3O4/c1-29-19-9-8-17(31-21(22,23)24)11-18(19)27-20(28)26-15-4-6-16(7-5-15)30-13-14-3-2-10-25-12-14/h2-3,8-12,15-16H,4-7,13H2,1H3,(H2,26,27,28). The predicted molar refractivity (Wildman–Crippen MR) is 107 cm³/mol. The van der Waals surface area contributed by atoms with E-state index in [4.69, 9.17) is 9.47 Å². The van der Waals surface area contributed by atoms with E-state index in [1.807, 2.05) is 12.1 Å². The van der Waals surface area contributed by atoms with Gasteiger partial charge in [-0.1, -0.05) is 6.07 Å². The minimum atomic E-state index is -4.83. The average molecular weight is 439 g/mol. The van der Waals surface area contributed by atoms with Gasteiger partial charge < -0.3 is 24.8 Å². The normalized spacial score (nSPS) is 18.8. The fraction of sp³-hybridized carbons (Fsp3) is 0.429. The zero-order valence-electron chi connectivity index (χ0n) is 16.9. The lowest BCUT2D eigenvalue weighted by Crippen LogP contribution is -2.41. The molecule has 0 atom stereocenters. The summed E-state index contributed by atoms with van der Waals surface area (Å²) < 4.78 is 52.2. The first-order valence-corrected chi connectivity index (χ1v) is 9.84. The summed E-state index contributed by atoms with van der Waals surface area (Å²) in [6.07, 6.45) is 1.82. The molecule has 1 aliphatic carbocycles. The molecule has 2 amide bonds. The molecule has 0 spiro atoms. The van der Waals surface area contributed by atoms with E-state index in [2.05, 4.69) is 20.4 Å². The molecule has 0 aliphatic heterocycles. The first-order chi connectivity index (χ1) is 14.8. The monoisotopic (exact) mass is 439 g/mol. The maximum atomic E-state index is 12.4. The number of rotatable bonds is 7. The van der Waals surface area contributed by atoms with Crippen LogP contribution in [-0.4, -0.2) is 36.6 Å². The molecule has 1 heterocycles. The van der Waals surface area contributed by atoms with Gasteiger partial charge in [0.1, 0.15) is 11.5 Å². The molecular weight excluding hydrogens is 415 g/mol. The van der Waals surface area contributed by atoms with Gasteiger partial charge in [-0.05, 0) is 49.4 Å². The van der Waals surface area contributed by atoms with Crippen molar-refractivity contribution in [1.29, 1.82) is 0 Å². The van der Waals surface area contributed by atoms with Crippen LogP contribution >= 0.6 is 0 Å². The van der Waals surface area contributed by atoms with E-state index in [-0.39, 0.29) is 23.6 Å². The number of halogens is 3. The number of hydrogen-bond donors (Lipinski definition) is 2. The fourth-order valence-electron chi connectivity index (χ4n) is 3.40. The summed E-state index contributed by atoms with van der Waals surface area (Å²) >= 11 is 0. The van der Waals surface area contributed by atoms with Gasteiger partial charge in [-0.15, -0.1) is 13.2 Å². The minimum Gasteiger partial charge on any atom is -0.495 e. The summed E-state index contributed by atoms with van der Waals surface area (Å²) in [5.74, 6) is -0.230. The van der Waals surface area contributed by atoms with Crippen molar-refractivity contribution < 1.29 is 32.2 Å². The van der Waals surface area contributed by atoms with Crippen LogP contribution in [0.3, 0.4) is 0 Å². The molecule has 0 unspecified atom stereocenters. The minimum absolute atomic E-state index is 0.0566. The number of ether oxygens (including phenoxy) is 3. The summed E-state index contributed by atoms with van der Waals surface area (Å²) in [5, 5.41) is 5.38. The van der Waals surface area contributed by atoms with Crippen molar-refractivity contribution in [3.8, 4) is 11.5 Å². The zero-order chi connectivity index (χ0) is 22.3. The number of nitrogens with one attached hydrogen (secondary N) is 2. The molecule has 2 aromatic rings. The van der Waals surface area contributed by atoms with E-state index in [1.165, 1.54) is 13.2 Å². The van der Waals surface area contributed by atoms with Gasteiger partial charge in [-0.25, -0.2) is 4.79 Å². The second kappa shape index (κ2) is 10.3. The van der Waals surface area contributed by atoms with Crippen LogP contribution < -0.4 is 20.1 Å². The Labute approximate surface area is 177 Å². The van der Waals surface area contributed by atoms with Crippen LogP contribution in [0.25, 0.3) is 0 Å². The zero-order valence-corrected chi connectivity index (χ0v) is 16.9. The number of alkyl halides is 3. The van der Waals surface area contributed by atoms with Crippen LogP contribution in [0.5, 0.6) is 11.5 Å². The lowest BCUT2D eigenvalue weighted by molar-refractivity contribution is -0.274. The molecule has 1 aromatic heterocycles. The smallest absolute Gasteiger partial charge is 0.495 e. The van der Waals surface area contributed by atoms with Crippen LogP contribution in [0.4, 0.5) is 23.7 Å². The number of carbonyl (C=O) groups excluding carboxylic acids is 1. The fourth-order valence-corrected chi connectivity index (χ4v) is 3.40. The van der Waals surface area contributed by atoms with E-state index >= 15 is 0 Å². The summed E-state index contributed by atoms with van der Waals surface area (Å²) in [6, 6.07) is 6.70. The number of benzene rings is 1. The number of urea groups is 1. The Kier molecular flexibility index (Phi) is 7.56. The number of methoxy groups -OCH3 is 1. The van der Waals surface area contributed by atoms with Crippen molar-refractivity contribution in [2.45, 2.75) is 50.8 Å². The number of nitrogens with zero attached hydrogens (tertiary/aromatic N) is 1. The molecule has 1 aromatic carbocycles. The third kappa shape index (κ3) is 7.32. The molecule has 0 bridgehead atoms. The van der Waals surface area contributed by atoms with Crippen LogP contribution in [-0.2, 0) is 11.3 Å². The highest BCUT2D eigenvalue weighted by Crippen LogP contribution is 2.32. The van der Waals surface area contributed by atoms with Crippen LogP contribution in [0.15, 0.2) is 42.7 Å². The van der Waals surface area contributed by atoms with E-state index in [9.17, 15) is 18.0 Å². The Morgan fingerprint density at radius 2 is 1.97 bits per heavy atom. The topological polar surface area (TPSA) is 81.7 Å². The molecule has 168 valence electrons. The molecule has 7 nitrogen and oxygen atoms in total. The Hall–Kier alpha value is -3.01. The molecule has 0 saturated heterocycles. The van der Waals surface area contributed by atoms with Crippen molar-refractivity contribution in [1.82, 2.24) is 10.3 Å². The van der Waals surface area contributed by atoms with E-state index in [1.54, 1.807) is 12.4 Å². The molecule has 2 N–H and O–H groups in total. The van der Waals surface area contributed by atoms with Crippen molar-refractivity contribution in [2.75, 3.05) is 12.4 Å². The van der Waals surface area contributed by atoms with Crippen LogP contribution in [0.1, 0.15) is 31.2 Å².